The van der Waals surface area contributed by atoms with Gasteiger partial charge in [0, 0.05) is 37.9 Å². The molecule has 1 amide bonds. The molecule has 1 fully saturated rings. The largest absolute Gasteiger partial charge is 0.376 e. The maximum absolute atomic E-state index is 12.2. The summed E-state index contributed by atoms with van der Waals surface area (Å²) in [5.41, 5.74) is 0.692. The van der Waals surface area contributed by atoms with E-state index in [0.29, 0.717) is 12.2 Å². The number of amides is 1. The SMILES string of the molecule is CN(CC1CCCO1)C(=O)c1cc(Br)cn1C. The molecule has 17 heavy (non-hydrogen) atoms. The van der Waals surface area contributed by atoms with Crippen LogP contribution in [0.2, 0.25) is 0 Å². The average Bonchev–Trinajstić information content (AvgIpc) is 2.87. The number of aromatic nitrogens is 1. The van der Waals surface area contributed by atoms with Crippen molar-refractivity contribution in [1.82, 2.24) is 9.47 Å². The first-order chi connectivity index (χ1) is 8.08. The van der Waals surface area contributed by atoms with Gasteiger partial charge in [-0.05, 0) is 34.8 Å². The fraction of sp³-hybridized carbons (Fsp3) is 0.583. The van der Waals surface area contributed by atoms with Gasteiger partial charge in [0.05, 0.1) is 6.10 Å². The van der Waals surface area contributed by atoms with Crippen molar-refractivity contribution in [2.24, 2.45) is 7.05 Å². The minimum Gasteiger partial charge on any atom is -0.376 e. The number of carbonyl (C=O) groups excluding carboxylic acids is 1. The Hall–Kier alpha value is -0.810. The third-order valence-corrected chi connectivity index (χ3v) is 3.47. The molecule has 2 rings (SSSR count). The zero-order valence-corrected chi connectivity index (χ0v) is 11.7. The first kappa shape index (κ1) is 12.6. The second-order valence-corrected chi connectivity index (χ2v) is 5.39. The van der Waals surface area contributed by atoms with Gasteiger partial charge in [0.25, 0.3) is 5.91 Å². The minimum absolute atomic E-state index is 0.0358. The van der Waals surface area contributed by atoms with Gasteiger partial charge in [-0.15, -0.1) is 0 Å². The molecule has 0 spiro atoms. The highest BCUT2D eigenvalue weighted by atomic mass is 79.9. The molecule has 1 aromatic heterocycles. The highest BCUT2D eigenvalue weighted by Gasteiger charge is 2.22. The number of halogens is 1. The van der Waals surface area contributed by atoms with Crippen molar-refractivity contribution in [1.29, 1.82) is 0 Å². The van der Waals surface area contributed by atoms with Gasteiger partial charge in [0.2, 0.25) is 0 Å². The first-order valence-corrected chi connectivity index (χ1v) is 6.56. The highest BCUT2D eigenvalue weighted by molar-refractivity contribution is 9.10. The zero-order chi connectivity index (χ0) is 12.4. The van der Waals surface area contributed by atoms with E-state index in [2.05, 4.69) is 15.9 Å². The summed E-state index contributed by atoms with van der Waals surface area (Å²) in [5, 5.41) is 0. The molecule has 0 radical (unpaired) electrons. The van der Waals surface area contributed by atoms with E-state index in [-0.39, 0.29) is 12.0 Å². The fourth-order valence-electron chi connectivity index (χ4n) is 2.11. The number of aryl methyl sites for hydroxylation is 1. The van der Waals surface area contributed by atoms with E-state index in [1.807, 2.05) is 30.9 Å². The quantitative estimate of drug-likeness (QED) is 0.856. The van der Waals surface area contributed by atoms with Gasteiger partial charge < -0.3 is 14.2 Å². The lowest BCUT2D eigenvalue weighted by molar-refractivity contribution is 0.0580. The molecule has 0 bridgehead atoms. The summed E-state index contributed by atoms with van der Waals surface area (Å²) in [7, 11) is 3.70. The van der Waals surface area contributed by atoms with Crippen LogP contribution in [-0.4, -0.2) is 41.7 Å². The summed E-state index contributed by atoms with van der Waals surface area (Å²) >= 11 is 3.37. The lowest BCUT2D eigenvalue weighted by Crippen LogP contribution is -2.34. The molecule has 1 atom stereocenters. The molecular weight excluding hydrogens is 284 g/mol. The van der Waals surface area contributed by atoms with Crippen LogP contribution >= 0.6 is 15.9 Å². The molecule has 1 aliphatic heterocycles. The second kappa shape index (κ2) is 5.23. The summed E-state index contributed by atoms with van der Waals surface area (Å²) in [5.74, 6) is 0.0358. The molecular formula is C12H17BrN2O2. The molecule has 5 heteroatoms. The van der Waals surface area contributed by atoms with Crippen LogP contribution in [0.3, 0.4) is 0 Å². The Labute approximate surface area is 110 Å². The minimum atomic E-state index is 0.0358. The summed E-state index contributed by atoms with van der Waals surface area (Å²) < 4.78 is 8.29. The van der Waals surface area contributed by atoms with Gasteiger partial charge in [-0.25, -0.2) is 0 Å². The van der Waals surface area contributed by atoms with Crippen molar-refractivity contribution in [3.05, 3.63) is 22.4 Å². The third kappa shape index (κ3) is 2.90. The Morgan fingerprint density at radius 1 is 1.71 bits per heavy atom. The molecule has 0 saturated carbocycles. The predicted molar refractivity (Wildman–Crippen MR) is 69.0 cm³/mol. The molecule has 0 N–H and O–H groups in total. The smallest absolute Gasteiger partial charge is 0.270 e. The van der Waals surface area contributed by atoms with E-state index < -0.39 is 0 Å². The summed E-state index contributed by atoms with van der Waals surface area (Å²) in [6.07, 6.45) is 4.23. The van der Waals surface area contributed by atoms with E-state index in [4.69, 9.17) is 4.74 Å². The molecule has 0 aromatic carbocycles. The second-order valence-electron chi connectivity index (χ2n) is 4.48. The lowest BCUT2D eigenvalue weighted by Gasteiger charge is -2.20. The van der Waals surface area contributed by atoms with Gasteiger partial charge in [-0.3, -0.25) is 4.79 Å². The Morgan fingerprint density at radius 2 is 2.47 bits per heavy atom. The van der Waals surface area contributed by atoms with Crippen LogP contribution in [0.5, 0.6) is 0 Å². The van der Waals surface area contributed by atoms with E-state index in [9.17, 15) is 4.79 Å². The molecule has 2 heterocycles. The van der Waals surface area contributed by atoms with Gasteiger partial charge in [0.1, 0.15) is 5.69 Å². The molecule has 0 aliphatic carbocycles. The Bertz CT molecular complexity index is 411. The molecule has 94 valence electrons. The van der Waals surface area contributed by atoms with E-state index in [1.54, 1.807) is 4.90 Å². The van der Waals surface area contributed by atoms with Crippen LogP contribution in [0, 0.1) is 0 Å². The standard InChI is InChI=1S/C12H17BrN2O2/c1-14-7-9(13)6-11(14)12(16)15(2)8-10-4-3-5-17-10/h6-7,10H,3-5,8H2,1-2H3. The third-order valence-electron chi connectivity index (χ3n) is 3.04. The number of likely N-dealkylation sites (N-methyl/N-ethyl adjacent to an activating group) is 1. The van der Waals surface area contributed by atoms with Gasteiger partial charge in [0.15, 0.2) is 0 Å². The predicted octanol–water partition coefficient (Wildman–Crippen LogP) is 2.04. The number of nitrogens with zero attached hydrogens (tertiary/aromatic N) is 2. The van der Waals surface area contributed by atoms with Crippen LogP contribution < -0.4 is 0 Å². The number of hydrogen-bond donors (Lipinski definition) is 0. The Kier molecular flexibility index (Phi) is 3.89. The van der Waals surface area contributed by atoms with Crippen LogP contribution in [0.25, 0.3) is 0 Å². The lowest BCUT2D eigenvalue weighted by atomic mass is 10.2. The van der Waals surface area contributed by atoms with E-state index in [0.717, 1.165) is 23.9 Å². The van der Waals surface area contributed by atoms with Gasteiger partial charge in [-0.2, -0.15) is 0 Å². The van der Waals surface area contributed by atoms with Crippen LogP contribution in [-0.2, 0) is 11.8 Å². The van der Waals surface area contributed by atoms with Crippen LogP contribution in [0.15, 0.2) is 16.7 Å². The number of ether oxygens (including phenoxy) is 1. The van der Waals surface area contributed by atoms with Crippen molar-refractivity contribution in [2.45, 2.75) is 18.9 Å². The topological polar surface area (TPSA) is 34.5 Å². The van der Waals surface area contributed by atoms with Crippen molar-refractivity contribution in [3.8, 4) is 0 Å². The maximum Gasteiger partial charge on any atom is 0.270 e. The van der Waals surface area contributed by atoms with Gasteiger partial charge in [-0.1, -0.05) is 0 Å². The zero-order valence-electron chi connectivity index (χ0n) is 10.1. The average molecular weight is 301 g/mol. The maximum atomic E-state index is 12.2. The van der Waals surface area contributed by atoms with Crippen molar-refractivity contribution in [2.75, 3.05) is 20.2 Å². The Balaban J connectivity index is 2.01. The molecule has 1 aromatic rings. The normalized spacial score (nSPS) is 19.6. The van der Waals surface area contributed by atoms with E-state index in [1.165, 1.54) is 0 Å². The van der Waals surface area contributed by atoms with Gasteiger partial charge >= 0.3 is 0 Å². The van der Waals surface area contributed by atoms with Crippen LogP contribution in [0.4, 0.5) is 0 Å². The molecule has 4 nitrogen and oxygen atoms in total. The fourth-order valence-corrected chi connectivity index (χ4v) is 2.63. The monoisotopic (exact) mass is 300 g/mol. The molecule has 1 unspecified atom stereocenters. The summed E-state index contributed by atoms with van der Waals surface area (Å²) in [4.78, 5) is 13.9. The summed E-state index contributed by atoms with van der Waals surface area (Å²) in [6, 6.07) is 1.84. The molecule has 1 saturated heterocycles. The van der Waals surface area contributed by atoms with Crippen molar-refractivity contribution < 1.29 is 9.53 Å². The van der Waals surface area contributed by atoms with Crippen molar-refractivity contribution in [3.63, 3.8) is 0 Å². The Morgan fingerprint density at radius 3 is 3.00 bits per heavy atom. The van der Waals surface area contributed by atoms with E-state index >= 15 is 0 Å². The number of hydrogen-bond acceptors (Lipinski definition) is 2. The first-order valence-electron chi connectivity index (χ1n) is 5.77. The molecule has 1 aliphatic rings. The number of rotatable bonds is 3. The summed E-state index contributed by atoms with van der Waals surface area (Å²) in [6.45, 7) is 1.49. The highest BCUT2D eigenvalue weighted by Crippen LogP contribution is 2.17. The number of carbonyl (C=O) groups is 1. The van der Waals surface area contributed by atoms with Crippen LogP contribution in [0.1, 0.15) is 23.3 Å². The van der Waals surface area contributed by atoms with Crippen molar-refractivity contribution >= 4 is 21.8 Å².